The van der Waals surface area contributed by atoms with E-state index < -0.39 is 0 Å². The molecule has 10 heteroatoms. The van der Waals surface area contributed by atoms with E-state index in [1.807, 2.05) is 0 Å². The Morgan fingerprint density at radius 1 is 0.513 bits per heavy atom. The van der Waals surface area contributed by atoms with Gasteiger partial charge in [-0.15, -0.1) is 11.8 Å². The number of unbranched alkanes of at least 4 members (excludes halogenated alkanes) is 4. The third-order valence-electron chi connectivity index (χ3n) is 4.36. The van der Waals surface area contributed by atoms with Gasteiger partial charge in [-0.05, 0) is 58.8 Å². The number of rotatable bonds is 14. The van der Waals surface area contributed by atoms with Crippen LogP contribution in [0.5, 0.6) is 0 Å². The van der Waals surface area contributed by atoms with E-state index in [2.05, 4.69) is 62.1 Å². The van der Waals surface area contributed by atoms with Gasteiger partial charge in [0.25, 0.3) is 5.91 Å². The fourth-order valence-corrected chi connectivity index (χ4v) is 2.48. The van der Waals surface area contributed by atoms with Gasteiger partial charge >= 0.3 is 0 Å². The number of amides is 5. The minimum absolute atomic E-state index is 0.00141. The lowest BCUT2D eigenvalue weighted by atomic mass is 10.2. The molecule has 0 rings (SSSR count). The Balaban J connectivity index is -0.000000526. The average molecular weight is 546 g/mol. The molecule has 0 bridgehead atoms. The normalized spacial score (nSPS) is 8.36. The average Bonchev–Trinajstić information content (AvgIpc) is 2.86. The van der Waals surface area contributed by atoms with Gasteiger partial charge in [0.1, 0.15) is 0 Å². The number of carbonyl (C=O) groups is 5. The number of nitrogens with one attached hydrogen (secondary N) is 5. The third-order valence-corrected chi connectivity index (χ3v) is 4.36. The van der Waals surface area contributed by atoms with Gasteiger partial charge in [-0.2, -0.15) is 0 Å². The van der Waals surface area contributed by atoms with Crippen LogP contribution in [0.1, 0.15) is 86.5 Å². The molecule has 0 aliphatic rings. The van der Waals surface area contributed by atoms with Crippen LogP contribution in [0.3, 0.4) is 0 Å². The topological polar surface area (TPSA) is 146 Å². The number of carbonyl (C=O) groups excluding carboxylic acids is 5. The minimum atomic E-state index is -0.223. The van der Waals surface area contributed by atoms with Gasteiger partial charge in [-0.25, -0.2) is 0 Å². The fourth-order valence-electron chi connectivity index (χ4n) is 2.48. The van der Waals surface area contributed by atoms with E-state index in [4.69, 9.17) is 0 Å². The van der Waals surface area contributed by atoms with E-state index in [0.29, 0.717) is 39.1 Å². The van der Waals surface area contributed by atoms with E-state index in [1.165, 1.54) is 20.8 Å². The highest BCUT2D eigenvalue weighted by atomic mass is 16.2. The minimum Gasteiger partial charge on any atom is -0.356 e. The summed E-state index contributed by atoms with van der Waals surface area (Å²) in [5.74, 6) is 15.6. The maximum Gasteiger partial charge on any atom is 0.295 e. The van der Waals surface area contributed by atoms with Gasteiger partial charge in [-0.3, -0.25) is 24.0 Å². The van der Waals surface area contributed by atoms with E-state index in [1.54, 1.807) is 20.8 Å². The maximum atomic E-state index is 11.2. The van der Waals surface area contributed by atoms with Gasteiger partial charge in [0.2, 0.25) is 23.6 Å². The molecule has 0 aromatic heterocycles. The Hall–Kier alpha value is -3.97. The molecule has 0 atom stereocenters. The highest BCUT2D eigenvalue weighted by Crippen LogP contribution is 1.98. The van der Waals surface area contributed by atoms with E-state index in [-0.39, 0.29) is 29.5 Å². The Kier molecular flexibility index (Phi) is 32.5. The molecule has 0 radical (unpaired) electrons. The Labute approximate surface area is 235 Å². The van der Waals surface area contributed by atoms with Crippen molar-refractivity contribution in [3.63, 3.8) is 0 Å². The molecule has 5 amide bonds. The molecule has 39 heavy (non-hydrogen) atoms. The summed E-state index contributed by atoms with van der Waals surface area (Å²) in [6.07, 6.45) is 6.09. The molecule has 0 aliphatic heterocycles. The van der Waals surface area contributed by atoms with Gasteiger partial charge in [0.15, 0.2) is 0 Å². The van der Waals surface area contributed by atoms with Crippen LogP contribution in [0, 0.1) is 35.5 Å². The second kappa shape index (κ2) is 32.1. The van der Waals surface area contributed by atoms with Crippen LogP contribution in [-0.2, 0) is 24.0 Å². The van der Waals surface area contributed by atoms with Gasteiger partial charge in [0.05, 0.1) is 13.1 Å². The van der Waals surface area contributed by atoms with Crippen molar-refractivity contribution in [1.82, 2.24) is 26.6 Å². The zero-order valence-electron chi connectivity index (χ0n) is 24.5. The summed E-state index contributed by atoms with van der Waals surface area (Å²) in [6.45, 7) is 12.5. The summed E-state index contributed by atoms with van der Waals surface area (Å²) in [7, 11) is 0. The molecule has 0 aromatic rings. The molecule has 0 unspecified atom stereocenters. The maximum absolute atomic E-state index is 11.2. The third kappa shape index (κ3) is 44.4. The predicted octanol–water partition coefficient (Wildman–Crippen LogP) is 1.40. The van der Waals surface area contributed by atoms with E-state index in [9.17, 15) is 24.0 Å². The molecule has 0 aromatic carbocycles. The molecule has 0 aliphatic carbocycles. The molecule has 218 valence electrons. The second-order valence-corrected chi connectivity index (χ2v) is 8.01. The lowest BCUT2D eigenvalue weighted by Crippen LogP contribution is -2.23. The van der Waals surface area contributed by atoms with Gasteiger partial charge < -0.3 is 26.6 Å². The summed E-state index contributed by atoms with van der Waals surface area (Å²) < 4.78 is 0. The highest BCUT2D eigenvalue weighted by molar-refractivity contribution is 5.93. The van der Waals surface area contributed by atoms with Crippen LogP contribution >= 0.6 is 0 Å². The van der Waals surface area contributed by atoms with E-state index in [0.717, 1.165) is 38.5 Å². The first kappa shape index (κ1) is 39.5. The van der Waals surface area contributed by atoms with Crippen LogP contribution in [0.4, 0.5) is 0 Å². The predicted molar refractivity (Wildman–Crippen MR) is 155 cm³/mol. The first-order chi connectivity index (χ1) is 18.6. The first-order valence-electron chi connectivity index (χ1n) is 13.1. The second-order valence-electron chi connectivity index (χ2n) is 8.01. The first-order valence-corrected chi connectivity index (χ1v) is 13.1. The molecule has 0 spiro atoms. The quantitative estimate of drug-likeness (QED) is 0.165. The van der Waals surface area contributed by atoms with Gasteiger partial charge in [-0.1, -0.05) is 24.2 Å². The van der Waals surface area contributed by atoms with Crippen LogP contribution < -0.4 is 26.6 Å². The zero-order chi connectivity index (χ0) is 30.2. The molecule has 5 N–H and O–H groups in total. The number of hydrogen-bond donors (Lipinski definition) is 5. The molecule has 0 saturated heterocycles. The Morgan fingerprint density at radius 2 is 0.949 bits per heavy atom. The molecule has 0 saturated carbocycles. The molecular formula is C29H47N5O5. The summed E-state index contributed by atoms with van der Waals surface area (Å²) in [4.78, 5) is 53.3. The Bertz CT molecular complexity index is 898. The van der Waals surface area contributed by atoms with Crippen molar-refractivity contribution < 1.29 is 24.0 Å². The van der Waals surface area contributed by atoms with Crippen molar-refractivity contribution >= 4 is 29.5 Å². The van der Waals surface area contributed by atoms with Crippen molar-refractivity contribution in [3.8, 4) is 35.5 Å². The summed E-state index contributed by atoms with van der Waals surface area (Å²) in [5.41, 5.74) is 0. The van der Waals surface area contributed by atoms with Crippen molar-refractivity contribution in [1.29, 1.82) is 0 Å². The zero-order valence-corrected chi connectivity index (χ0v) is 24.5. The van der Waals surface area contributed by atoms with E-state index >= 15 is 0 Å². The smallest absolute Gasteiger partial charge is 0.295 e. The number of hydrogen-bond acceptors (Lipinski definition) is 5. The lowest BCUT2D eigenvalue weighted by Gasteiger charge is -2.02. The van der Waals surface area contributed by atoms with Crippen LogP contribution in [0.15, 0.2) is 0 Å². The summed E-state index contributed by atoms with van der Waals surface area (Å²) >= 11 is 0. The van der Waals surface area contributed by atoms with Crippen LogP contribution in [0.2, 0.25) is 0 Å². The summed E-state index contributed by atoms with van der Waals surface area (Å²) in [6, 6.07) is 0. The fraction of sp³-hybridized carbons (Fsp3) is 0.621. The summed E-state index contributed by atoms with van der Waals surface area (Å²) in [5, 5.41) is 13.4. The van der Waals surface area contributed by atoms with Crippen molar-refractivity contribution in [2.45, 2.75) is 86.5 Å². The van der Waals surface area contributed by atoms with Crippen LogP contribution in [0.25, 0.3) is 0 Å². The monoisotopic (exact) mass is 545 g/mol. The van der Waals surface area contributed by atoms with Crippen molar-refractivity contribution in [2.75, 3.05) is 32.7 Å². The largest absolute Gasteiger partial charge is 0.356 e. The molecule has 0 heterocycles. The lowest BCUT2D eigenvalue weighted by molar-refractivity contribution is -0.121. The van der Waals surface area contributed by atoms with Crippen molar-refractivity contribution in [3.05, 3.63) is 0 Å². The molecule has 10 nitrogen and oxygen atoms in total. The molecular weight excluding hydrogens is 498 g/mol. The highest BCUT2D eigenvalue weighted by Gasteiger charge is 1.99. The van der Waals surface area contributed by atoms with Gasteiger partial charge in [0, 0.05) is 46.8 Å². The van der Waals surface area contributed by atoms with Crippen molar-refractivity contribution in [2.24, 2.45) is 0 Å². The Morgan fingerprint density at radius 3 is 1.38 bits per heavy atom. The molecule has 0 fully saturated rings. The van der Waals surface area contributed by atoms with Crippen LogP contribution in [-0.4, -0.2) is 62.3 Å². The standard InChI is InChI=1S/C12H20N2O2.C11H18N2O2.C6H9NO/c1-3-4-9-14-12(16)8-6-5-7-10-13-11(2)15;1-3-7-11(15)13-9-6-4-5-8-12-10(2)14;1-3-4-5-7-6(2)8/h5-10H2,1-2H3,(H,13,15)(H,14,16);4-6,8-9H2,1-2H3,(H,12,14)(H,13,15);5H2,1-2H3,(H,7,8). The SMILES string of the molecule is CC#CC(=O)NCCCCCNC(C)=O.CC#CCNC(=O)CCCCCNC(C)=O.CC#CCNC(C)=O.